The summed E-state index contributed by atoms with van der Waals surface area (Å²) < 4.78 is 5.54. The molecule has 0 aromatic carbocycles. The van der Waals surface area contributed by atoms with Crippen LogP contribution < -0.4 is 10.6 Å². The average Bonchev–Trinajstić information content (AvgIpc) is 2.97. The molecule has 1 aromatic heterocycles. The zero-order valence-corrected chi connectivity index (χ0v) is 11.1. The molecule has 5 heteroatoms. The molecule has 1 aromatic rings. The van der Waals surface area contributed by atoms with Gasteiger partial charge in [-0.05, 0) is 38.1 Å². The summed E-state index contributed by atoms with van der Waals surface area (Å²) >= 11 is 0. The van der Waals surface area contributed by atoms with Crippen molar-refractivity contribution in [3.8, 4) is 0 Å². The molecule has 0 aliphatic heterocycles. The van der Waals surface area contributed by atoms with Crippen LogP contribution in [0.2, 0.25) is 0 Å². The highest BCUT2D eigenvalue weighted by atomic mass is 16.4. The molecule has 0 spiro atoms. The van der Waals surface area contributed by atoms with Gasteiger partial charge in [0.2, 0.25) is 5.89 Å². The fourth-order valence-corrected chi connectivity index (χ4v) is 1.97. The predicted molar refractivity (Wildman–Crippen MR) is 66.8 cm³/mol. The van der Waals surface area contributed by atoms with Crippen LogP contribution in [0.15, 0.2) is 4.42 Å². The maximum atomic E-state index is 5.54. The van der Waals surface area contributed by atoms with Gasteiger partial charge in [0.1, 0.15) is 0 Å². The summed E-state index contributed by atoms with van der Waals surface area (Å²) in [5.74, 6) is 1.33. The lowest BCUT2D eigenvalue weighted by molar-refractivity contribution is 0.373. The molecule has 2 N–H and O–H groups in total. The molecule has 0 amide bonds. The van der Waals surface area contributed by atoms with E-state index in [1.807, 2.05) is 14.0 Å². The van der Waals surface area contributed by atoms with Gasteiger partial charge in [0.25, 0.3) is 0 Å². The highest BCUT2D eigenvalue weighted by Gasteiger charge is 2.45. The smallest absolute Gasteiger partial charge is 0.315 e. The van der Waals surface area contributed by atoms with Crippen molar-refractivity contribution in [1.82, 2.24) is 15.5 Å². The van der Waals surface area contributed by atoms with Gasteiger partial charge in [-0.3, -0.25) is 0 Å². The summed E-state index contributed by atoms with van der Waals surface area (Å²) in [5.41, 5.74) is 0.448. The van der Waals surface area contributed by atoms with Crippen molar-refractivity contribution in [3.05, 3.63) is 5.89 Å². The van der Waals surface area contributed by atoms with Crippen LogP contribution >= 0.6 is 0 Å². The summed E-state index contributed by atoms with van der Waals surface area (Å²) in [6, 6.07) is 0.632. The molecule has 1 unspecified atom stereocenters. The Hall–Kier alpha value is -1.10. The van der Waals surface area contributed by atoms with Crippen molar-refractivity contribution in [2.24, 2.45) is 11.3 Å². The first-order valence-electron chi connectivity index (χ1n) is 6.32. The molecule has 1 heterocycles. The number of hydrogen-bond donors (Lipinski definition) is 2. The molecule has 96 valence electrons. The van der Waals surface area contributed by atoms with Crippen LogP contribution in [0.3, 0.4) is 0 Å². The Morgan fingerprint density at radius 2 is 2.00 bits per heavy atom. The van der Waals surface area contributed by atoms with E-state index in [0.717, 1.165) is 6.54 Å². The topological polar surface area (TPSA) is 63.0 Å². The van der Waals surface area contributed by atoms with E-state index in [-0.39, 0.29) is 6.04 Å². The van der Waals surface area contributed by atoms with Crippen LogP contribution in [0.4, 0.5) is 6.01 Å². The van der Waals surface area contributed by atoms with Crippen molar-refractivity contribution < 1.29 is 4.42 Å². The minimum absolute atomic E-state index is 0.0954. The van der Waals surface area contributed by atoms with Crippen molar-refractivity contribution in [1.29, 1.82) is 0 Å². The Kier molecular flexibility index (Phi) is 3.38. The van der Waals surface area contributed by atoms with Crippen molar-refractivity contribution in [2.75, 3.05) is 18.9 Å². The molecule has 0 bridgehead atoms. The lowest BCUT2D eigenvalue weighted by Gasteiger charge is -2.18. The SMILES string of the molecule is CNC(C)c1nnc(NCC2(C(C)C)CC2)o1. The van der Waals surface area contributed by atoms with Gasteiger partial charge >= 0.3 is 6.01 Å². The van der Waals surface area contributed by atoms with Gasteiger partial charge in [0, 0.05) is 6.54 Å². The summed E-state index contributed by atoms with van der Waals surface area (Å²) in [4.78, 5) is 0. The molecule has 17 heavy (non-hydrogen) atoms. The van der Waals surface area contributed by atoms with Crippen LogP contribution in [0.25, 0.3) is 0 Å². The number of rotatable bonds is 6. The van der Waals surface area contributed by atoms with Crippen LogP contribution in [0.1, 0.15) is 45.5 Å². The van der Waals surface area contributed by atoms with Crippen LogP contribution in [0, 0.1) is 11.3 Å². The molecule has 0 radical (unpaired) electrons. The average molecular weight is 238 g/mol. The van der Waals surface area contributed by atoms with Gasteiger partial charge in [-0.1, -0.05) is 18.9 Å². The third-order valence-electron chi connectivity index (χ3n) is 3.95. The summed E-state index contributed by atoms with van der Waals surface area (Å²) in [5, 5.41) is 14.4. The van der Waals surface area contributed by atoms with E-state index < -0.39 is 0 Å². The molecule has 1 atom stereocenters. The number of aromatic nitrogens is 2. The Bertz CT molecular complexity index is 370. The van der Waals surface area contributed by atoms with Crippen LogP contribution in [-0.4, -0.2) is 23.8 Å². The summed E-state index contributed by atoms with van der Waals surface area (Å²) in [6.07, 6.45) is 2.59. The Morgan fingerprint density at radius 3 is 2.53 bits per heavy atom. The number of nitrogens with one attached hydrogen (secondary N) is 2. The van der Waals surface area contributed by atoms with E-state index in [4.69, 9.17) is 4.42 Å². The van der Waals surface area contributed by atoms with E-state index in [1.54, 1.807) is 0 Å². The molecular formula is C12H22N4O. The lowest BCUT2D eigenvalue weighted by Crippen LogP contribution is -2.21. The fraction of sp³-hybridized carbons (Fsp3) is 0.833. The quantitative estimate of drug-likeness (QED) is 0.795. The van der Waals surface area contributed by atoms with Gasteiger partial charge in [0.15, 0.2) is 0 Å². The maximum Gasteiger partial charge on any atom is 0.315 e. The second kappa shape index (κ2) is 4.64. The molecule has 1 fully saturated rings. The van der Waals surface area contributed by atoms with Gasteiger partial charge in [-0.2, -0.15) is 0 Å². The second-order valence-electron chi connectivity index (χ2n) is 5.33. The zero-order valence-electron chi connectivity index (χ0n) is 11.1. The third-order valence-corrected chi connectivity index (χ3v) is 3.95. The normalized spacial score (nSPS) is 19.4. The van der Waals surface area contributed by atoms with Crippen molar-refractivity contribution in [2.45, 2.75) is 39.7 Å². The molecule has 0 saturated heterocycles. The van der Waals surface area contributed by atoms with Crippen molar-refractivity contribution >= 4 is 6.01 Å². The standard InChI is InChI=1S/C12H22N4O/c1-8(2)12(5-6-12)7-14-11-16-15-10(17-11)9(3)13-4/h8-9,13H,5-7H2,1-4H3,(H,14,16). The predicted octanol–water partition coefficient (Wildman–Crippen LogP) is 2.20. The van der Waals surface area contributed by atoms with Gasteiger partial charge in [-0.15, -0.1) is 5.10 Å². The fourth-order valence-electron chi connectivity index (χ4n) is 1.97. The highest BCUT2D eigenvalue weighted by Crippen LogP contribution is 2.51. The lowest BCUT2D eigenvalue weighted by atomic mass is 9.92. The third kappa shape index (κ3) is 2.60. The first kappa shape index (κ1) is 12.4. The summed E-state index contributed by atoms with van der Waals surface area (Å²) in [7, 11) is 1.87. The Labute approximate surface area is 102 Å². The second-order valence-corrected chi connectivity index (χ2v) is 5.33. The van der Waals surface area contributed by atoms with Crippen molar-refractivity contribution in [3.63, 3.8) is 0 Å². The molecule has 2 rings (SSSR count). The first-order valence-corrected chi connectivity index (χ1v) is 6.32. The summed E-state index contributed by atoms with van der Waals surface area (Å²) in [6.45, 7) is 7.47. The van der Waals surface area contributed by atoms with Crippen LogP contribution in [-0.2, 0) is 0 Å². The molecule has 1 saturated carbocycles. The number of anilines is 1. The van der Waals surface area contributed by atoms with E-state index in [9.17, 15) is 0 Å². The minimum Gasteiger partial charge on any atom is -0.406 e. The van der Waals surface area contributed by atoms with E-state index in [0.29, 0.717) is 23.2 Å². The van der Waals surface area contributed by atoms with E-state index >= 15 is 0 Å². The monoisotopic (exact) mass is 238 g/mol. The number of hydrogen-bond acceptors (Lipinski definition) is 5. The van der Waals surface area contributed by atoms with Gasteiger partial charge in [0.05, 0.1) is 6.04 Å². The Balaban J connectivity index is 1.90. The molecule has 1 aliphatic rings. The molecular weight excluding hydrogens is 216 g/mol. The first-order chi connectivity index (χ1) is 8.07. The molecule has 1 aliphatic carbocycles. The Morgan fingerprint density at radius 1 is 1.29 bits per heavy atom. The minimum atomic E-state index is 0.0954. The van der Waals surface area contributed by atoms with Gasteiger partial charge < -0.3 is 15.1 Å². The van der Waals surface area contributed by atoms with Crippen LogP contribution in [0.5, 0.6) is 0 Å². The molecule has 5 nitrogen and oxygen atoms in total. The highest BCUT2D eigenvalue weighted by molar-refractivity contribution is 5.20. The maximum absolute atomic E-state index is 5.54. The van der Waals surface area contributed by atoms with E-state index in [2.05, 4.69) is 34.7 Å². The van der Waals surface area contributed by atoms with E-state index in [1.165, 1.54) is 12.8 Å². The van der Waals surface area contributed by atoms with Gasteiger partial charge in [-0.25, -0.2) is 0 Å². The largest absolute Gasteiger partial charge is 0.406 e. The zero-order chi connectivity index (χ0) is 12.5. The number of nitrogens with zero attached hydrogens (tertiary/aromatic N) is 2.